The summed E-state index contributed by atoms with van der Waals surface area (Å²) in [5, 5.41) is 3.00. The first-order chi connectivity index (χ1) is 12.2. The molecule has 0 aliphatic carbocycles. The maximum absolute atomic E-state index is 12.3. The number of likely N-dealkylation sites (N-methyl/N-ethyl adjacent to an activating group) is 1. The fraction of sp³-hybridized carbons (Fsp3) is 0.400. The summed E-state index contributed by atoms with van der Waals surface area (Å²) in [5.41, 5.74) is 2.86. The van der Waals surface area contributed by atoms with Gasteiger partial charge in [0.1, 0.15) is 5.82 Å². The molecule has 1 fully saturated rings. The fourth-order valence-electron chi connectivity index (χ4n) is 3.11. The number of aromatic nitrogens is 1. The van der Waals surface area contributed by atoms with Gasteiger partial charge in [-0.05, 0) is 43.3 Å². The number of amides is 1. The van der Waals surface area contributed by atoms with E-state index in [1.54, 1.807) is 0 Å². The van der Waals surface area contributed by atoms with Crippen LogP contribution in [0.1, 0.15) is 28.4 Å². The lowest BCUT2D eigenvalue weighted by Crippen LogP contribution is -2.46. The minimum Gasteiger partial charge on any atom is -0.354 e. The van der Waals surface area contributed by atoms with Crippen LogP contribution in [0.5, 0.6) is 0 Å². The summed E-state index contributed by atoms with van der Waals surface area (Å²) in [7, 11) is 0. The zero-order valence-corrected chi connectivity index (χ0v) is 15.0. The maximum Gasteiger partial charge on any atom is 0.251 e. The molecule has 1 N–H and O–H groups in total. The number of nitrogens with zero attached hydrogens (tertiary/aromatic N) is 3. The van der Waals surface area contributed by atoms with E-state index in [2.05, 4.69) is 33.1 Å². The predicted molar refractivity (Wildman–Crippen MR) is 101 cm³/mol. The number of carbonyl (C=O) groups is 1. The molecule has 2 aromatic rings. The summed E-state index contributed by atoms with van der Waals surface area (Å²) < 4.78 is 0. The second-order valence-electron chi connectivity index (χ2n) is 6.50. The van der Waals surface area contributed by atoms with Gasteiger partial charge in [0, 0.05) is 44.5 Å². The maximum atomic E-state index is 12.3. The molecule has 1 amide bonds. The molecule has 1 aromatic carbocycles. The summed E-state index contributed by atoms with van der Waals surface area (Å²) in [4.78, 5) is 21.6. The highest BCUT2D eigenvalue weighted by atomic mass is 16.1. The average Bonchev–Trinajstić information content (AvgIpc) is 2.66. The van der Waals surface area contributed by atoms with Gasteiger partial charge in [0.15, 0.2) is 0 Å². The monoisotopic (exact) mass is 338 g/mol. The number of pyridine rings is 1. The van der Waals surface area contributed by atoms with E-state index in [0.717, 1.165) is 49.7 Å². The van der Waals surface area contributed by atoms with Crippen LogP contribution in [-0.2, 0) is 6.54 Å². The van der Waals surface area contributed by atoms with Crippen molar-refractivity contribution in [2.24, 2.45) is 0 Å². The van der Waals surface area contributed by atoms with E-state index >= 15 is 0 Å². The summed E-state index contributed by atoms with van der Waals surface area (Å²) >= 11 is 0. The molecule has 2 heterocycles. The molecular formula is C20H26N4O. The molecular weight excluding hydrogens is 312 g/mol. The molecule has 25 heavy (non-hydrogen) atoms. The Morgan fingerprint density at radius 2 is 1.96 bits per heavy atom. The molecule has 1 aliphatic rings. The van der Waals surface area contributed by atoms with E-state index in [9.17, 15) is 4.79 Å². The van der Waals surface area contributed by atoms with Crippen LogP contribution in [0.2, 0.25) is 0 Å². The molecule has 132 valence electrons. The van der Waals surface area contributed by atoms with E-state index in [4.69, 9.17) is 0 Å². The van der Waals surface area contributed by atoms with Gasteiger partial charge in [-0.2, -0.15) is 0 Å². The number of hydrogen-bond acceptors (Lipinski definition) is 4. The van der Waals surface area contributed by atoms with Crippen molar-refractivity contribution in [3.8, 4) is 0 Å². The van der Waals surface area contributed by atoms with Gasteiger partial charge in [-0.3, -0.25) is 4.79 Å². The molecule has 0 radical (unpaired) electrons. The van der Waals surface area contributed by atoms with Crippen molar-refractivity contribution in [3.63, 3.8) is 0 Å². The molecule has 5 heteroatoms. The zero-order chi connectivity index (χ0) is 17.6. The molecule has 0 unspecified atom stereocenters. The van der Waals surface area contributed by atoms with Gasteiger partial charge in [0.05, 0.1) is 0 Å². The van der Waals surface area contributed by atoms with Crippen LogP contribution in [0.15, 0.2) is 42.6 Å². The Hall–Kier alpha value is -2.40. The molecule has 0 saturated carbocycles. The number of carbonyl (C=O) groups excluding carboxylic acids is 1. The SMILES string of the molecule is CCN1CCN(c2cc(CNC(=O)c3cccc(C)c3)ccn2)CC1. The fourth-order valence-corrected chi connectivity index (χ4v) is 3.11. The number of anilines is 1. The van der Waals surface area contributed by atoms with E-state index in [-0.39, 0.29) is 5.91 Å². The first kappa shape index (κ1) is 17.4. The van der Waals surface area contributed by atoms with E-state index in [1.807, 2.05) is 43.5 Å². The lowest BCUT2D eigenvalue weighted by Gasteiger charge is -2.34. The number of hydrogen-bond donors (Lipinski definition) is 1. The number of nitrogens with one attached hydrogen (secondary N) is 1. The highest BCUT2D eigenvalue weighted by molar-refractivity contribution is 5.94. The van der Waals surface area contributed by atoms with Crippen molar-refractivity contribution in [1.82, 2.24) is 15.2 Å². The van der Waals surface area contributed by atoms with E-state index in [0.29, 0.717) is 12.1 Å². The number of aryl methyl sites for hydroxylation is 1. The van der Waals surface area contributed by atoms with E-state index in [1.165, 1.54) is 0 Å². The van der Waals surface area contributed by atoms with Crippen molar-refractivity contribution in [2.45, 2.75) is 20.4 Å². The van der Waals surface area contributed by atoms with Crippen LogP contribution in [0.4, 0.5) is 5.82 Å². The second kappa shape index (κ2) is 8.12. The van der Waals surface area contributed by atoms with Crippen molar-refractivity contribution in [1.29, 1.82) is 0 Å². The first-order valence-corrected chi connectivity index (χ1v) is 8.93. The second-order valence-corrected chi connectivity index (χ2v) is 6.50. The van der Waals surface area contributed by atoms with Crippen LogP contribution >= 0.6 is 0 Å². The molecule has 0 atom stereocenters. The minimum absolute atomic E-state index is 0.0429. The third kappa shape index (κ3) is 4.57. The van der Waals surface area contributed by atoms with Gasteiger partial charge in [0.25, 0.3) is 5.91 Å². The van der Waals surface area contributed by atoms with Crippen LogP contribution in [0.3, 0.4) is 0 Å². The van der Waals surface area contributed by atoms with Crippen molar-refractivity contribution in [2.75, 3.05) is 37.6 Å². The number of rotatable bonds is 5. The summed E-state index contributed by atoms with van der Waals surface area (Å²) in [5.74, 6) is 0.955. The van der Waals surface area contributed by atoms with Crippen molar-refractivity contribution >= 4 is 11.7 Å². The normalized spacial score (nSPS) is 15.2. The van der Waals surface area contributed by atoms with Crippen LogP contribution in [0, 0.1) is 6.92 Å². The topological polar surface area (TPSA) is 48.5 Å². The Labute approximate surface area is 149 Å². The standard InChI is InChI=1S/C20H26N4O/c1-3-23-9-11-24(12-10-23)19-14-17(7-8-21-19)15-22-20(25)18-6-4-5-16(2)13-18/h4-8,13-14H,3,9-12,15H2,1-2H3,(H,22,25). The van der Waals surface area contributed by atoms with Crippen molar-refractivity contribution < 1.29 is 4.79 Å². The average molecular weight is 338 g/mol. The molecule has 3 rings (SSSR count). The third-order valence-corrected chi connectivity index (χ3v) is 4.69. The Morgan fingerprint density at radius 1 is 1.16 bits per heavy atom. The third-order valence-electron chi connectivity index (χ3n) is 4.69. The van der Waals surface area contributed by atoms with Crippen LogP contribution in [-0.4, -0.2) is 48.5 Å². The highest BCUT2D eigenvalue weighted by Gasteiger charge is 2.17. The van der Waals surface area contributed by atoms with Gasteiger partial charge in [-0.1, -0.05) is 24.6 Å². The van der Waals surface area contributed by atoms with Crippen LogP contribution < -0.4 is 10.2 Å². The Balaban J connectivity index is 1.59. The molecule has 1 aliphatic heterocycles. The van der Waals surface area contributed by atoms with Gasteiger partial charge >= 0.3 is 0 Å². The lowest BCUT2D eigenvalue weighted by molar-refractivity contribution is 0.0951. The summed E-state index contributed by atoms with van der Waals surface area (Å²) in [6, 6.07) is 11.7. The zero-order valence-electron chi connectivity index (χ0n) is 15.0. The minimum atomic E-state index is -0.0429. The molecule has 0 bridgehead atoms. The Morgan fingerprint density at radius 3 is 2.68 bits per heavy atom. The first-order valence-electron chi connectivity index (χ1n) is 8.93. The molecule has 0 spiro atoms. The lowest BCUT2D eigenvalue weighted by atomic mass is 10.1. The van der Waals surface area contributed by atoms with Gasteiger partial charge in [0.2, 0.25) is 0 Å². The van der Waals surface area contributed by atoms with Crippen LogP contribution in [0.25, 0.3) is 0 Å². The summed E-state index contributed by atoms with van der Waals surface area (Å²) in [6.07, 6.45) is 1.83. The Bertz CT molecular complexity index is 723. The number of piperazine rings is 1. The summed E-state index contributed by atoms with van der Waals surface area (Å²) in [6.45, 7) is 9.96. The van der Waals surface area contributed by atoms with Gasteiger partial charge < -0.3 is 15.1 Å². The molecule has 1 saturated heterocycles. The largest absolute Gasteiger partial charge is 0.354 e. The quantitative estimate of drug-likeness (QED) is 0.910. The van der Waals surface area contributed by atoms with Gasteiger partial charge in [-0.25, -0.2) is 4.98 Å². The van der Waals surface area contributed by atoms with E-state index < -0.39 is 0 Å². The predicted octanol–water partition coefficient (Wildman–Crippen LogP) is 2.46. The van der Waals surface area contributed by atoms with Crippen molar-refractivity contribution in [3.05, 3.63) is 59.3 Å². The molecule has 1 aromatic heterocycles. The smallest absolute Gasteiger partial charge is 0.251 e. The molecule has 5 nitrogen and oxygen atoms in total. The Kier molecular flexibility index (Phi) is 5.66. The number of benzene rings is 1. The van der Waals surface area contributed by atoms with Gasteiger partial charge in [-0.15, -0.1) is 0 Å². The highest BCUT2D eigenvalue weighted by Crippen LogP contribution is 2.15.